The predicted octanol–water partition coefficient (Wildman–Crippen LogP) is 3.25. The molecule has 0 bridgehead atoms. The van der Waals surface area contributed by atoms with Crippen molar-refractivity contribution >= 4 is 5.95 Å². The third kappa shape index (κ3) is 3.79. The Balaban J connectivity index is 1.61. The molecule has 2 aromatic carbocycles. The minimum absolute atomic E-state index is 0.119. The van der Waals surface area contributed by atoms with Gasteiger partial charge < -0.3 is 33.9 Å². The maximum Gasteiger partial charge on any atom is 0.231 e. The number of imidazole rings is 1. The van der Waals surface area contributed by atoms with Gasteiger partial charge in [0.25, 0.3) is 0 Å². The number of ether oxygens (including phenoxy) is 4. The van der Waals surface area contributed by atoms with Crippen molar-refractivity contribution in [3.05, 3.63) is 48.2 Å². The summed E-state index contributed by atoms with van der Waals surface area (Å²) in [6, 6.07) is 11.2. The van der Waals surface area contributed by atoms with E-state index in [0.717, 1.165) is 28.3 Å². The molecule has 1 aliphatic heterocycles. The summed E-state index contributed by atoms with van der Waals surface area (Å²) in [6.07, 6.45) is 1.81. The number of hydrogen-bond donors (Lipinski definition) is 2. The van der Waals surface area contributed by atoms with Crippen molar-refractivity contribution in [1.29, 1.82) is 0 Å². The minimum Gasteiger partial charge on any atom is -0.504 e. The van der Waals surface area contributed by atoms with Crippen LogP contribution in [0.2, 0.25) is 0 Å². The first-order valence-electron chi connectivity index (χ1n) is 9.24. The summed E-state index contributed by atoms with van der Waals surface area (Å²) >= 11 is 0. The third-order valence-electron chi connectivity index (χ3n) is 4.78. The number of anilines is 1. The van der Waals surface area contributed by atoms with Crippen molar-refractivity contribution in [2.24, 2.45) is 0 Å². The highest BCUT2D eigenvalue weighted by atomic mass is 16.7. The van der Waals surface area contributed by atoms with Crippen LogP contribution in [0.25, 0.3) is 11.3 Å². The van der Waals surface area contributed by atoms with Gasteiger partial charge in [0.15, 0.2) is 23.0 Å². The average Bonchev–Trinajstić information content (AvgIpc) is 3.37. The predicted molar refractivity (Wildman–Crippen MR) is 108 cm³/mol. The van der Waals surface area contributed by atoms with Crippen LogP contribution in [0, 0.1) is 0 Å². The highest BCUT2D eigenvalue weighted by molar-refractivity contribution is 5.66. The zero-order chi connectivity index (χ0) is 20.2. The fourth-order valence-electron chi connectivity index (χ4n) is 3.26. The number of hydrogen-bond acceptors (Lipinski definition) is 7. The van der Waals surface area contributed by atoms with Crippen molar-refractivity contribution in [1.82, 2.24) is 9.55 Å². The third-order valence-corrected chi connectivity index (χ3v) is 4.78. The van der Waals surface area contributed by atoms with Gasteiger partial charge in [0.2, 0.25) is 12.7 Å². The minimum atomic E-state index is 0.119. The molecular formula is C21H23N3O5. The molecular weight excluding hydrogens is 374 g/mol. The standard InChI is InChI=1S/C21H23N3O5/c1-26-9-8-24-16(14-6-7-17-19(10-14)29-13-28-17)12-23-21(24)22-11-15-4-3-5-18(27-2)20(15)25/h3-7,10,12,25H,8-9,11,13H2,1-2H3,(H,22,23). The molecule has 1 aromatic heterocycles. The van der Waals surface area contributed by atoms with E-state index in [1.165, 1.54) is 7.11 Å². The van der Waals surface area contributed by atoms with Gasteiger partial charge in [0, 0.05) is 31.3 Å². The second-order valence-corrected chi connectivity index (χ2v) is 6.50. The number of methoxy groups -OCH3 is 2. The SMILES string of the molecule is COCCn1c(-c2ccc3c(c2)OCO3)cnc1NCc1cccc(OC)c1O. The van der Waals surface area contributed by atoms with Crippen molar-refractivity contribution in [2.45, 2.75) is 13.1 Å². The second kappa shape index (κ2) is 8.32. The zero-order valence-electron chi connectivity index (χ0n) is 16.3. The number of para-hydroxylation sites is 1. The summed E-state index contributed by atoms with van der Waals surface area (Å²) < 4.78 is 23.4. The molecule has 0 saturated carbocycles. The molecule has 4 rings (SSSR count). The number of fused-ring (bicyclic) bond motifs is 1. The smallest absolute Gasteiger partial charge is 0.231 e. The highest BCUT2D eigenvalue weighted by Gasteiger charge is 2.18. The van der Waals surface area contributed by atoms with Crippen LogP contribution >= 0.6 is 0 Å². The molecule has 0 saturated heterocycles. The van der Waals surface area contributed by atoms with E-state index < -0.39 is 0 Å². The van der Waals surface area contributed by atoms with Crippen LogP contribution in [0.4, 0.5) is 5.95 Å². The Morgan fingerprint density at radius 3 is 2.86 bits per heavy atom. The molecule has 0 amide bonds. The molecule has 0 unspecified atom stereocenters. The lowest BCUT2D eigenvalue weighted by atomic mass is 10.1. The lowest BCUT2D eigenvalue weighted by Gasteiger charge is -2.14. The van der Waals surface area contributed by atoms with Crippen LogP contribution < -0.4 is 19.5 Å². The summed E-state index contributed by atoms with van der Waals surface area (Å²) in [5, 5.41) is 13.6. The number of phenolic OH excluding ortho intramolecular Hbond substituents is 1. The Morgan fingerprint density at radius 1 is 1.17 bits per heavy atom. The van der Waals surface area contributed by atoms with Gasteiger partial charge in [-0.1, -0.05) is 12.1 Å². The number of phenols is 1. The average molecular weight is 397 g/mol. The van der Waals surface area contributed by atoms with Gasteiger partial charge in [0.05, 0.1) is 25.6 Å². The van der Waals surface area contributed by atoms with Crippen LogP contribution in [0.5, 0.6) is 23.0 Å². The lowest BCUT2D eigenvalue weighted by Crippen LogP contribution is -2.12. The van der Waals surface area contributed by atoms with Crippen LogP contribution in [-0.4, -0.2) is 42.3 Å². The van der Waals surface area contributed by atoms with Gasteiger partial charge in [-0.05, 0) is 24.3 Å². The molecule has 2 heterocycles. The van der Waals surface area contributed by atoms with E-state index in [0.29, 0.717) is 31.4 Å². The van der Waals surface area contributed by atoms with Gasteiger partial charge in [-0.15, -0.1) is 0 Å². The summed E-state index contributed by atoms with van der Waals surface area (Å²) in [7, 11) is 3.19. The number of benzene rings is 2. The van der Waals surface area contributed by atoms with E-state index in [1.807, 2.05) is 34.9 Å². The number of aromatic nitrogens is 2. The van der Waals surface area contributed by atoms with Gasteiger partial charge in [0.1, 0.15) is 0 Å². The van der Waals surface area contributed by atoms with Crippen LogP contribution in [0.3, 0.4) is 0 Å². The van der Waals surface area contributed by atoms with E-state index in [1.54, 1.807) is 19.4 Å². The number of nitrogens with zero attached hydrogens (tertiary/aromatic N) is 2. The first-order chi connectivity index (χ1) is 14.2. The Labute approximate surface area is 168 Å². The number of nitrogens with one attached hydrogen (secondary N) is 1. The maximum atomic E-state index is 10.3. The normalized spacial score (nSPS) is 12.2. The topological polar surface area (TPSA) is 87.0 Å². The summed E-state index contributed by atoms with van der Waals surface area (Å²) in [6.45, 7) is 1.78. The summed E-state index contributed by atoms with van der Waals surface area (Å²) in [5.41, 5.74) is 2.61. The van der Waals surface area contributed by atoms with Crippen molar-refractivity contribution in [3.63, 3.8) is 0 Å². The van der Waals surface area contributed by atoms with E-state index in [-0.39, 0.29) is 12.5 Å². The quantitative estimate of drug-likeness (QED) is 0.603. The molecule has 3 aromatic rings. The molecule has 0 fully saturated rings. The number of aromatic hydroxyl groups is 1. The molecule has 0 spiro atoms. The van der Waals surface area contributed by atoms with E-state index in [9.17, 15) is 5.11 Å². The Morgan fingerprint density at radius 2 is 2.03 bits per heavy atom. The number of rotatable bonds is 8. The van der Waals surface area contributed by atoms with Crippen LogP contribution in [0.15, 0.2) is 42.6 Å². The molecule has 2 N–H and O–H groups in total. The fourth-order valence-corrected chi connectivity index (χ4v) is 3.26. The second-order valence-electron chi connectivity index (χ2n) is 6.50. The van der Waals surface area contributed by atoms with Crippen LogP contribution in [-0.2, 0) is 17.8 Å². The Hall–Kier alpha value is -3.39. The summed E-state index contributed by atoms with van der Waals surface area (Å²) in [5.74, 6) is 2.69. The lowest BCUT2D eigenvalue weighted by molar-refractivity contribution is 0.174. The molecule has 8 nitrogen and oxygen atoms in total. The van der Waals surface area contributed by atoms with Crippen LogP contribution in [0.1, 0.15) is 5.56 Å². The first-order valence-corrected chi connectivity index (χ1v) is 9.24. The maximum absolute atomic E-state index is 10.3. The molecule has 152 valence electrons. The molecule has 29 heavy (non-hydrogen) atoms. The zero-order valence-corrected chi connectivity index (χ0v) is 16.3. The van der Waals surface area contributed by atoms with Crippen molar-refractivity contribution in [2.75, 3.05) is 32.9 Å². The van der Waals surface area contributed by atoms with Crippen molar-refractivity contribution < 1.29 is 24.1 Å². The molecule has 0 aliphatic carbocycles. The first kappa shape index (κ1) is 18.9. The fraction of sp³-hybridized carbons (Fsp3) is 0.286. The Bertz CT molecular complexity index is 1000. The van der Waals surface area contributed by atoms with Gasteiger partial charge in [-0.3, -0.25) is 0 Å². The van der Waals surface area contributed by atoms with Gasteiger partial charge >= 0.3 is 0 Å². The summed E-state index contributed by atoms with van der Waals surface area (Å²) in [4.78, 5) is 4.54. The molecule has 0 atom stereocenters. The van der Waals surface area contributed by atoms with E-state index in [2.05, 4.69) is 10.3 Å². The largest absolute Gasteiger partial charge is 0.504 e. The molecule has 0 radical (unpaired) electrons. The highest BCUT2D eigenvalue weighted by Crippen LogP contribution is 2.36. The monoisotopic (exact) mass is 397 g/mol. The van der Waals surface area contributed by atoms with E-state index in [4.69, 9.17) is 18.9 Å². The van der Waals surface area contributed by atoms with Gasteiger partial charge in [-0.2, -0.15) is 0 Å². The van der Waals surface area contributed by atoms with Gasteiger partial charge in [-0.25, -0.2) is 4.98 Å². The van der Waals surface area contributed by atoms with E-state index >= 15 is 0 Å². The van der Waals surface area contributed by atoms with Crippen molar-refractivity contribution in [3.8, 4) is 34.3 Å². The molecule has 1 aliphatic rings. The Kier molecular flexibility index (Phi) is 5.44. The molecule has 8 heteroatoms.